The number of rotatable bonds is 6. The maximum Gasteiger partial charge on any atom is 0.262 e. The van der Waals surface area contributed by atoms with E-state index < -0.39 is 5.91 Å². The number of fused-ring (bicyclic) bond motifs is 1. The first kappa shape index (κ1) is 19.8. The number of nitrogens with one attached hydrogen (secondary N) is 1. The number of carbonyl (C=O) groups excluding carboxylic acids is 2. The van der Waals surface area contributed by atoms with Gasteiger partial charge in [-0.25, -0.2) is 5.48 Å². The summed E-state index contributed by atoms with van der Waals surface area (Å²) in [5.74, 6) is -0.255. The van der Waals surface area contributed by atoms with Gasteiger partial charge < -0.3 is 9.64 Å². The predicted molar refractivity (Wildman–Crippen MR) is 111 cm³/mol. The zero-order valence-electron chi connectivity index (χ0n) is 16.7. The second kappa shape index (κ2) is 8.51. The minimum Gasteiger partial charge on any atom is -0.489 e. The summed E-state index contributed by atoms with van der Waals surface area (Å²) in [5, 5.41) is 9.72. The lowest BCUT2D eigenvalue weighted by Gasteiger charge is -2.15. The molecule has 2 N–H and O–H groups in total. The van der Waals surface area contributed by atoms with Crippen molar-refractivity contribution >= 4 is 22.7 Å². The molecule has 2 amide bonds. The van der Waals surface area contributed by atoms with E-state index in [1.807, 2.05) is 61.5 Å². The highest BCUT2D eigenvalue weighted by Gasteiger charge is 2.33. The molecular formula is C23H23N3O4. The van der Waals surface area contributed by atoms with E-state index >= 15 is 0 Å². The standard InChI is InChI=1S/C23H23N3O4/c1-15-12-17(19-4-2-3-5-21(19)24-15)14-30-18-8-6-16(7-9-18)20-10-11-26(23(20)28)13-22(27)25-29/h2-9,12,20,29H,10-11,13-14H2,1H3,(H,25,27). The highest BCUT2D eigenvalue weighted by atomic mass is 16.5. The second-order valence-electron chi connectivity index (χ2n) is 7.43. The molecule has 2 aromatic carbocycles. The topological polar surface area (TPSA) is 91.8 Å². The monoisotopic (exact) mass is 405 g/mol. The Morgan fingerprint density at radius 2 is 2.00 bits per heavy atom. The minimum atomic E-state index is -0.591. The Morgan fingerprint density at radius 1 is 1.23 bits per heavy atom. The van der Waals surface area contributed by atoms with Crippen molar-refractivity contribution in [3.8, 4) is 5.75 Å². The Labute approximate surface area is 174 Å². The van der Waals surface area contributed by atoms with Gasteiger partial charge in [0.2, 0.25) is 5.91 Å². The van der Waals surface area contributed by atoms with Crippen LogP contribution in [0.25, 0.3) is 10.9 Å². The summed E-state index contributed by atoms with van der Waals surface area (Å²) in [4.78, 5) is 29.9. The summed E-state index contributed by atoms with van der Waals surface area (Å²) in [6.07, 6.45) is 0.639. The third-order valence-corrected chi connectivity index (χ3v) is 5.36. The number of benzene rings is 2. The van der Waals surface area contributed by atoms with Gasteiger partial charge in [0.1, 0.15) is 18.9 Å². The first-order valence-corrected chi connectivity index (χ1v) is 9.85. The molecule has 1 saturated heterocycles. The first-order chi connectivity index (χ1) is 14.5. The van der Waals surface area contributed by atoms with Crippen LogP contribution >= 0.6 is 0 Å². The predicted octanol–water partition coefficient (Wildman–Crippen LogP) is 2.94. The fourth-order valence-corrected chi connectivity index (χ4v) is 3.89. The average molecular weight is 405 g/mol. The van der Waals surface area contributed by atoms with Crippen molar-refractivity contribution in [3.05, 3.63) is 71.4 Å². The van der Waals surface area contributed by atoms with E-state index in [9.17, 15) is 9.59 Å². The molecule has 0 radical (unpaired) electrons. The summed E-state index contributed by atoms with van der Waals surface area (Å²) < 4.78 is 5.98. The van der Waals surface area contributed by atoms with Gasteiger partial charge in [0.05, 0.1) is 11.4 Å². The maximum absolute atomic E-state index is 12.5. The van der Waals surface area contributed by atoms with E-state index in [1.54, 1.807) is 5.48 Å². The minimum absolute atomic E-state index is 0.106. The molecule has 1 aliphatic rings. The third-order valence-electron chi connectivity index (χ3n) is 5.36. The van der Waals surface area contributed by atoms with Crippen LogP contribution < -0.4 is 10.2 Å². The zero-order valence-corrected chi connectivity index (χ0v) is 16.7. The molecule has 30 heavy (non-hydrogen) atoms. The molecule has 4 rings (SSSR count). The largest absolute Gasteiger partial charge is 0.489 e. The fraction of sp³-hybridized carbons (Fsp3) is 0.261. The van der Waals surface area contributed by atoms with Crippen LogP contribution in [0.3, 0.4) is 0 Å². The Hall–Kier alpha value is -3.45. The summed E-state index contributed by atoms with van der Waals surface area (Å²) in [7, 11) is 0. The van der Waals surface area contributed by atoms with Gasteiger partial charge in [-0.05, 0) is 43.2 Å². The highest BCUT2D eigenvalue weighted by molar-refractivity contribution is 5.89. The molecular weight excluding hydrogens is 382 g/mol. The molecule has 3 aromatic rings. The maximum atomic E-state index is 12.5. The van der Waals surface area contributed by atoms with Crippen molar-refractivity contribution in [2.45, 2.75) is 25.9 Å². The van der Waals surface area contributed by atoms with Crippen molar-refractivity contribution in [2.75, 3.05) is 13.1 Å². The number of para-hydroxylation sites is 1. The van der Waals surface area contributed by atoms with Gasteiger partial charge >= 0.3 is 0 Å². The smallest absolute Gasteiger partial charge is 0.262 e. The number of hydroxylamine groups is 1. The van der Waals surface area contributed by atoms with E-state index in [2.05, 4.69) is 4.98 Å². The van der Waals surface area contributed by atoms with Gasteiger partial charge in [-0.3, -0.25) is 19.8 Å². The van der Waals surface area contributed by atoms with Crippen LogP contribution in [0.5, 0.6) is 5.75 Å². The number of likely N-dealkylation sites (tertiary alicyclic amines) is 1. The number of aryl methyl sites for hydroxylation is 1. The van der Waals surface area contributed by atoms with Crippen LogP contribution in [0, 0.1) is 6.92 Å². The van der Waals surface area contributed by atoms with E-state index in [0.717, 1.165) is 33.5 Å². The second-order valence-corrected chi connectivity index (χ2v) is 7.43. The van der Waals surface area contributed by atoms with E-state index in [4.69, 9.17) is 9.94 Å². The molecule has 0 spiro atoms. The summed E-state index contributed by atoms with van der Waals surface area (Å²) in [6, 6.07) is 17.5. The number of ether oxygens (including phenoxy) is 1. The molecule has 1 aliphatic heterocycles. The van der Waals surface area contributed by atoms with Gasteiger partial charge in [-0.15, -0.1) is 0 Å². The number of amides is 2. The highest BCUT2D eigenvalue weighted by Crippen LogP contribution is 2.30. The molecule has 1 aromatic heterocycles. The third kappa shape index (κ3) is 4.11. The number of hydrogen-bond donors (Lipinski definition) is 2. The van der Waals surface area contributed by atoms with Crippen LogP contribution in [0.1, 0.15) is 29.2 Å². The number of carbonyl (C=O) groups is 2. The molecule has 1 fully saturated rings. The van der Waals surface area contributed by atoms with Crippen molar-refractivity contribution in [1.82, 2.24) is 15.4 Å². The van der Waals surface area contributed by atoms with Gasteiger partial charge in [0, 0.05) is 23.2 Å². The van der Waals surface area contributed by atoms with Crippen molar-refractivity contribution in [1.29, 1.82) is 0 Å². The molecule has 2 heterocycles. The average Bonchev–Trinajstić information content (AvgIpc) is 3.12. The number of pyridine rings is 1. The molecule has 1 unspecified atom stereocenters. The molecule has 154 valence electrons. The lowest BCUT2D eigenvalue weighted by atomic mass is 9.98. The summed E-state index contributed by atoms with van der Waals surface area (Å²) >= 11 is 0. The fourth-order valence-electron chi connectivity index (χ4n) is 3.89. The first-order valence-electron chi connectivity index (χ1n) is 9.85. The van der Waals surface area contributed by atoms with Crippen LogP contribution in [-0.4, -0.2) is 40.0 Å². The Balaban J connectivity index is 1.43. The van der Waals surface area contributed by atoms with Gasteiger partial charge in [-0.2, -0.15) is 0 Å². The summed E-state index contributed by atoms with van der Waals surface area (Å²) in [5.41, 5.74) is 5.43. The molecule has 7 heteroatoms. The molecule has 0 saturated carbocycles. The normalized spacial score (nSPS) is 16.1. The van der Waals surface area contributed by atoms with Crippen molar-refractivity contribution in [2.24, 2.45) is 0 Å². The van der Waals surface area contributed by atoms with Crippen LogP contribution in [0.15, 0.2) is 54.6 Å². The van der Waals surface area contributed by atoms with Crippen LogP contribution in [0.2, 0.25) is 0 Å². The van der Waals surface area contributed by atoms with Gasteiger partial charge in [0.25, 0.3) is 5.91 Å². The van der Waals surface area contributed by atoms with Gasteiger partial charge in [-0.1, -0.05) is 30.3 Å². The van der Waals surface area contributed by atoms with E-state index in [1.165, 1.54) is 4.90 Å². The number of nitrogens with zero attached hydrogens (tertiary/aromatic N) is 2. The SMILES string of the molecule is Cc1cc(COc2ccc(C3CCN(CC(=O)NO)C3=O)cc2)c2ccccc2n1. The van der Waals surface area contributed by atoms with Crippen molar-refractivity contribution in [3.63, 3.8) is 0 Å². The molecule has 1 atom stereocenters. The summed E-state index contributed by atoms with van der Waals surface area (Å²) in [6.45, 7) is 2.75. The Kier molecular flexibility index (Phi) is 5.63. The Bertz CT molecular complexity index is 1080. The van der Waals surface area contributed by atoms with Crippen molar-refractivity contribution < 1.29 is 19.5 Å². The van der Waals surface area contributed by atoms with E-state index in [-0.39, 0.29) is 18.4 Å². The zero-order chi connectivity index (χ0) is 21.1. The van der Waals surface area contributed by atoms with Crippen LogP contribution in [0.4, 0.5) is 0 Å². The molecule has 7 nitrogen and oxygen atoms in total. The number of hydrogen-bond acceptors (Lipinski definition) is 5. The molecule has 0 bridgehead atoms. The quantitative estimate of drug-likeness (QED) is 0.486. The van der Waals surface area contributed by atoms with Crippen LogP contribution in [-0.2, 0) is 16.2 Å². The van der Waals surface area contributed by atoms with E-state index in [0.29, 0.717) is 19.6 Å². The molecule has 0 aliphatic carbocycles. The Morgan fingerprint density at radius 3 is 2.77 bits per heavy atom. The van der Waals surface area contributed by atoms with Gasteiger partial charge in [0.15, 0.2) is 0 Å². The lowest BCUT2D eigenvalue weighted by molar-refractivity contribution is -0.137. The number of aromatic nitrogens is 1. The lowest BCUT2D eigenvalue weighted by Crippen LogP contribution is -2.37.